The van der Waals surface area contributed by atoms with Gasteiger partial charge in [-0.05, 0) is 18.4 Å². The third-order valence-corrected chi connectivity index (χ3v) is 3.16. The number of thioether (sulfide) groups is 1. The molecule has 0 aromatic carbocycles. The lowest BCUT2D eigenvalue weighted by Gasteiger charge is -2.21. The Labute approximate surface area is 156 Å². The molecule has 2 unspecified atom stereocenters. The molecule has 0 aliphatic rings. The van der Waals surface area contributed by atoms with E-state index in [0.29, 0.717) is 6.42 Å². The highest BCUT2D eigenvalue weighted by molar-refractivity contribution is 7.98. The highest BCUT2D eigenvalue weighted by Gasteiger charge is 2.29. The maximum Gasteiger partial charge on any atom is 0.335 e. The number of aliphatic carboxylic acids is 3. The van der Waals surface area contributed by atoms with Gasteiger partial charge in [-0.3, -0.25) is 0 Å². The fourth-order valence-corrected chi connectivity index (χ4v) is 1.42. The number of quaternary nitrogens is 1. The van der Waals surface area contributed by atoms with Gasteiger partial charge in [-0.1, -0.05) is 0 Å². The van der Waals surface area contributed by atoms with E-state index in [4.69, 9.17) is 31.3 Å². The van der Waals surface area contributed by atoms with Gasteiger partial charge in [0.2, 0.25) is 0 Å². The van der Waals surface area contributed by atoms with Crippen molar-refractivity contribution in [1.29, 1.82) is 0 Å². The highest BCUT2D eigenvalue weighted by Crippen LogP contribution is 1.97. The Morgan fingerprint density at radius 3 is 1.62 bits per heavy atom. The van der Waals surface area contributed by atoms with E-state index < -0.39 is 36.2 Å². The Balaban J connectivity index is -0.000000310. The molecular weight excluding hydrogens is 372 g/mol. The van der Waals surface area contributed by atoms with Crippen molar-refractivity contribution in [3.63, 3.8) is 0 Å². The quantitative estimate of drug-likeness (QED) is 0.208. The molecule has 0 amide bonds. The number of carboxylic acids is 3. The number of carbonyl (C=O) groups excluding carboxylic acids is 1. The zero-order valence-electron chi connectivity index (χ0n) is 15.4. The molecule has 3 atom stereocenters. The van der Waals surface area contributed by atoms with Crippen LogP contribution < -0.4 is 10.8 Å². The van der Waals surface area contributed by atoms with E-state index in [-0.39, 0.29) is 6.61 Å². The summed E-state index contributed by atoms with van der Waals surface area (Å²) >= 11 is 1.58. The molecule has 0 aromatic rings. The van der Waals surface area contributed by atoms with Crippen LogP contribution in [-0.4, -0.2) is 112 Å². The van der Waals surface area contributed by atoms with Crippen molar-refractivity contribution >= 4 is 29.7 Å². The number of likely N-dealkylation sites (N-methyl/N-ethyl adjacent to an activating group) is 1. The summed E-state index contributed by atoms with van der Waals surface area (Å²) in [7, 11) is 6.16. The van der Waals surface area contributed by atoms with Crippen molar-refractivity contribution in [3.8, 4) is 0 Å². The van der Waals surface area contributed by atoms with E-state index in [9.17, 15) is 19.5 Å². The third-order valence-electron chi connectivity index (χ3n) is 2.51. The van der Waals surface area contributed by atoms with Gasteiger partial charge in [0, 0.05) is 6.04 Å². The number of carbonyl (C=O) groups is 3. The molecule has 156 valence electrons. The molecule has 0 saturated heterocycles. The van der Waals surface area contributed by atoms with Crippen LogP contribution in [0.15, 0.2) is 0 Å². The summed E-state index contributed by atoms with van der Waals surface area (Å²) in [6.45, 7) is 1.11. The van der Waals surface area contributed by atoms with Crippen LogP contribution in [0.2, 0.25) is 0 Å². The van der Waals surface area contributed by atoms with Gasteiger partial charge in [0.25, 0.3) is 0 Å². The van der Waals surface area contributed by atoms with E-state index in [0.717, 1.165) is 16.8 Å². The van der Waals surface area contributed by atoms with Crippen molar-refractivity contribution in [2.24, 2.45) is 5.73 Å². The van der Waals surface area contributed by atoms with Crippen LogP contribution in [0.25, 0.3) is 0 Å². The molecule has 0 saturated carbocycles. The van der Waals surface area contributed by atoms with Gasteiger partial charge in [-0.15, -0.1) is 0 Å². The Bertz CT molecular complexity index is 398. The van der Waals surface area contributed by atoms with Crippen molar-refractivity contribution < 1.29 is 49.5 Å². The molecule has 7 N–H and O–H groups in total. The van der Waals surface area contributed by atoms with Crippen molar-refractivity contribution in [1.82, 2.24) is 0 Å². The molecule has 0 rings (SSSR count). The van der Waals surface area contributed by atoms with Gasteiger partial charge in [-0.2, -0.15) is 11.8 Å². The fourth-order valence-electron chi connectivity index (χ4n) is 0.933. The predicted octanol–water partition coefficient (Wildman–Crippen LogP) is -3.62. The summed E-state index contributed by atoms with van der Waals surface area (Å²) in [5, 5.41) is 50.9. The first-order valence-electron chi connectivity index (χ1n) is 7.39. The molecule has 0 aromatic heterocycles. The SMILES string of the molecule is CSCC[C@H](N)C(=O)[O-].C[N+](C)(C)CCO.O=C(O)C(O)C(O)C(=O)O. The Morgan fingerprint density at radius 1 is 1.08 bits per heavy atom. The van der Waals surface area contributed by atoms with E-state index in [1.165, 1.54) is 0 Å². The fraction of sp³-hybridized carbons (Fsp3) is 0.786. The number of nitrogens with two attached hydrogens (primary N) is 1. The minimum absolute atomic E-state index is 0.281. The second-order valence-electron chi connectivity index (χ2n) is 6.01. The standard InChI is InChI=1S/C5H11NO2S.C5H14NO.C4H6O6/c1-9-3-2-4(6)5(7)8;1-6(2,3)4-5-7;5-1(3(7)8)2(6)4(9)10/h4H,2-3,6H2,1H3,(H,7,8);7H,4-5H2,1-3H3;1-2,5-6H,(H,7,8)(H,9,10)/q;+1;/p-1/t4-;;/m0../s1. The van der Waals surface area contributed by atoms with Crippen LogP contribution in [0.3, 0.4) is 0 Å². The Morgan fingerprint density at radius 2 is 1.46 bits per heavy atom. The molecule has 0 spiro atoms. The first kappa shape index (κ1) is 29.3. The summed E-state index contributed by atoms with van der Waals surface area (Å²) in [5.74, 6) is -3.93. The maximum absolute atomic E-state index is 9.96. The second kappa shape index (κ2) is 15.8. The van der Waals surface area contributed by atoms with Gasteiger partial charge < -0.3 is 45.7 Å². The molecule has 0 aliphatic heterocycles. The molecule has 0 fully saturated rings. The molecule has 12 heteroatoms. The largest absolute Gasteiger partial charge is 0.548 e. The molecule has 0 heterocycles. The second-order valence-corrected chi connectivity index (χ2v) is 7.00. The monoisotopic (exact) mass is 402 g/mol. The van der Waals surface area contributed by atoms with Gasteiger partial charge in [0.05, 0.1) is 33.7 Å². The normalized spacial score (nSPS) is 13.8. The summed E-state index contributed by atoms with van der Waals surface area (Å²) in [6, 6.07) is -0.794. The minimum Gasteiger partial charge on any atom is -0.548 e. The number of aliphatic hydroxyl groups is 3. The molecule has 11 nitrogen and oxygen atoms in total. The molecule has 26 heavy (non-hydrogen) atoms. The van der Waals surface area contributed by atoms with E-state index >= 15 is 0 Å². The van der Waals surface area contributed by atoms with Crippen LogP contribution >= 0.6 is 11.8 Å². The summed E-state index contributed by atoms with van der Waals surface area (Å²) in [6.07, 6.45) is -2.14. The van der Waals surface area contributed by atoms with E-state index in [1.807, 2.05) is 6.26 Å². The van der Waals surface area contributed by atoms with Gasteiger partial charge in [0.15, 0.2) is 12.2 Å². The van der Waals surface area contributed by atoms with Crippen molar-refractivity contribution in [3.05, 3.63) is 0 Å². The Kier molecular flexibility index (Phi) is 17.8. The number of hydrogen-bond donors (Lipinski definition) is 6. The summed E-state index contributed by atoms with van der Waals surface area (Å²) in [5.41, 5.74) is 5.13. The zero-order chi connectivity index (χ0) is 21.5. The van der Waals surface area contributed by atoms with Crippen molar-refractivity contribution in [2.75, 3.05) is 46.3 Å². The molecule has 0 radical (unpaired) electrons. The van der Waals surface area contributed by atoms with Crippen LogP contribution in [-0.2, 0) is 14.4 Å². The average Bonchev–Trinajstić information content (AvgIpc) is 2.50. The zero-order valence-corrected chi connectivity index (χ0v) is 16.2. The smallest absolute Gasteiger partial charge is 0.335 e. The third kappa shape index (κ3) is 20.6. The lowest BCUT2D eigenvalue weighted by atomic mass is 10.2. The maximum atomic E-state index is 9.96. The predicted molar refractivity (Wildman–Crippen MR) is 93.3 cm³/mol. The van der Waals surface area contributed by atoms with Crippen LogP contribution in [0.5, 0.6) is 0 Å². The highest BCUT2D eigenvalue weighted by atomic mass is 32.2. The Hall–Kier alpha value is -1.44. The van der Waals surface area contributed by atoms with Crippen LogP contribution in [0.4, 0.5) is 0 Å². The van der Waals surface area contributed by atoms with E-state index in [1.54, 1.807) is 11.8 Å². The molecule has 0 aliphatic carbocycles. The lowest BCUT2D eigenvalue weighted by Crippen LogP contribution is -2.42. The van der Waals surface area contributed by atoms with Crippen molar-refractivity contribution in [2.45, 2.75) is 24.7 Å². The number of aliphatic hydroxyl groups excluding tert-OH is 3. The minimum atomic E-state index is -2.27. The lowest BCUT2D eigenvalue weighted by molar-refractivity contribution is -0.870. The van der Waals surface area contributed by atoms with Crippen LogP contribution in [0.1, 0.15) is 6.42 Å². The summed E-state index contributed by atoms with van der Waals surface area (Å²) < 4.78 is 0.844. The number of carboxylic acid groups (broad SMARTS) is 3. The van der Waals surface area contributed by atoms with Crippen LogP contribution in [0, 0.1) is 0 Å². The number of nitrogens with zero attached hydrogens (tertiary/aromatic N) is 1. The molecule has 0 bridgehead atoms. The first-order chi connectivity index (χ1) is 11.7. The molecular formula is C14H30N2O9S. The van der Waals surface area contributed by atoms with Gasteiger partial charge in [-0.25, -0.2) is 9.59 Å². The number of hydrogen-bond acceptors (Lipinski definition) is 9. The number of rotatable bonds is 9. The van der Waals surface area contributed by atoms with Gasteiger partial charge >= 0.3 is 11.9 Å². The van der Waals surface area contributed by atoms with Gasteiger partial charge in [0.1, 0.15) is 6.54 Å². The summed E-state index contributed by atoms with van der Waals surface area (Å²) in [4.78, 5) is 29.5. The first-order valence-corrected chi connectivity index (χ1v) is 8.79. The topological polar surface area (TPSA) is 201 Å². The average molecular weight is 402 g/mol. The van der Waals surface area contributed by atoms with E-state index in [2.05, 4.69) is 21.1 Å².